The van der Waals surface area contributed by atoms with Crippen LogP contribution in [0.25, 0.3) is 0 Å². The van der Waals surface area contributed by atoms with Gasteiger partial charge in [0, 0.05) is 8.62 Å². The molecule has 0 N–H and O–H groups in total. The number of hydrogen-bond donors (Lipinski definition) is 0. The smallest absolute Gasteiger partial charge is 0.194 e. The molecule has 0 saturated carbocycles. The fourth-order valence-corrected chi connectivity index (χ4v) is 2.04. The summed E-state index contributed by atoms with van der Waals surface area (Å²) in [6.07, 6.45) is 1.81. The van der Waals surface area contributed by atoms with Crippen LogP contribution >= 0.6 is 0 Å². The topological polar surface area (TPSA) is 13.1 Å². The van der Waals surface area contributed by atoms with Gasteiger partial charge in [0.2, 0.25) is 0 Å². The van der Waals surface area contributed by atoms with Gasteiger partial charge in [0.15, 0.2) is 8.88 Å². The van der Waals surface area contributed by atoms with Crippen molar-refractivity contribution in [2.75, 3.05) is 0 Å². The van der Waals surface area contributed by atoms with Gasteiger partial charge in [-0.1, -0.05) is 0 Å². The van der Waals surface area contributed by atoms with Crippen LogP contribution in [0.2, 0.25) is 0 Å². The molecule has 1 nitrogen and oxygen atoms in total. The van der Waals surface area contributed by atoms with Crippen LogP contribution in [0, 0.1) is 0 Å². The summed E-state index contributed by atoms with van der Waals surface area (Å²) in [4.78, 5) is 0. The first-order valence-electron chi connectivity index (χ1n) is 1.47. The minimum Gasteiger partial charge on any atom is -0.531 e. The summed E-state index contributed by atoms with van der Waals surface area (Å²) in [6.45, 7) is 0. The van der Waals surface area contributed by atoms with Crippen LogP contribution in [0.5, 0.6) is 0 Å². The molecule has 0 amide bonds. The molecule has 0 unspecified atom stereocenters. The lowest BCUT2D eigenvalue weighted by Crippen LogP contribution is -1.58. The molecule has 0 saturated heterocycles. The fourth-order valence-electron chi connectivity index (χ4n) is 0.227. The van der Waals surface area contributed by atoms with Gasteiger partial charge in [-0.15, -0.1) is 0 Å². The molecule has 0 atom stereocenters. The molecule has 1 heterocycles. The van der Waals surface area contributed by atoms with Crippen LogP contribution in [-0.2, 0) is 0 Å². The quantitative estimate of drug-likeness (QED) is 0.398. The summed E-state index contributed by atoms with van der Waals surface area (Å²) < 4.78 is 4.88. The van der Waals surface area contributed by atoms with Gasteiger partial charge in [0.25, 0.3) is 0 Å². The van der Waals surface area contributed by atoms with E-state index in [4.69, 9.17) is 4.10 Å². The molecular formula is C2H4OSi2. The average Bonchev–Trinajstić information content (AvgIpc) is 1.76. The highest BCUT2D eigenvalue weighted by Crippen LogP contribution is 1.63. The van der Waals surface area contributed by atoms with E-state index >= 15 is 0 Å². The van der Waals surface area contributed by atoms with E-state index in [-0.39, 0.29) is 0 Å². The largest absolute Gasteiger partial charge is 0.531 e. The van der Waals surface area contributed by atoms with E-state index in [1.165, 1.54) is 0 Å². The van der Waals surface area contributed by atoms with Gasteiger partial charge in [0.1, 0.15) is 0 Å². The van der Waals surface area contributed by atoms with Gasteiger partial charge in [-0.25, -0.2) is 0 Å². The van der Waals surface area contributed by atoms with Crippen molar-refractivity contribution >= 4 is 17.5 Å². The fraction of sp³-hybridized carbons (Fsp3) is 0. The molecule has 0 aromatic carbocycles. The maximum absolute atomic E-state index is 4.88. The summed E-state index contributed by atoms with van der Waals surface area (Å²) in [6, 6.07) is 0. The predicted molar refractivity (Wildman–Crippen MR) is 24.2 cm³/mol. The summed E-state index contributed by atoms with van der Waals surface area (Å²) >= 11 is 0. The Morgan fingerprint density at radius 2 is 2.60 bits per heavy atom. The van der Waals surface area contributed by atoms with Crippen molar-refractivity contribution in [3.63, 3.8) is 0 Å². The first-order valence-corrected chi connectivity index (χ1v) is 5.28. The minimum atomic E-state index is 0.398. The molecule has 0 fully saturated rings. The Labute approximate surface area is 34.4 Å². The second-order valence-electron chi connectivity index (χ2n) is 0.793. The summed E-state index contributed by atoms with van der Waals surface area (Å²) in [5.41, 5.74) is 2.13. The van der Waals surface area contributed by atoms with Gasteiger partial charge < -0.3 is 4.10 Å². The lowest BCUT2D eigenvalue weighted by molar-refractivity contribution is 0.674. The van der Waals surface area contributed by atoms with Crippen LogP contribution in [0.3, 0.4) is 0 Å². The average molecular weight is 100 g/mol. The lowest BCUT2D eigenvalue weighted by atomic mass is 11.1. The van der Waals surface area contributed by atoms with Gasteiger partial charge >= 0.3 is 0 Å². The molecule has 0 aliphatic carbocycles. The van der Waals surface area contributed by atoms with Crippen LogP contribution in [-0.4, -0.2) is 17.5 Å². The van der Waals surface area contributed by atoms with Crippen LogP contribution in [0.4, 0.5) is 0 Å². The Morgan fingerprint density at radius 1 is 1.60 bits per heavy atom. The van der Waals surface area contributed by atoms with Gasteiger partial charge in [-0.05, 0) is 5.68 Å². The van der Waals surface area contributed by atoms with Crippen molar-refractivity contribution in [1.82, 2.24) is 0 Å². The van der Waals surface area contributed by atoms with Crippen LogP contribution in [0.1, 0.15) is 0 Å². The van der Waals surface area contributed by atoms with Crippen LogP contribution < -0.4 is 0 Å². The molecule has 0 aliphatic rings. The summed E-state index contributed by atoms with van der Waals surface area (Å²) in [5, 5.41) is 0. The number of hydrogen-bond acceptors (Lipinski definition) is 1. The molecule has 1 aromatic rings. The summed E-state index contributed by atoms with van der Waals surface area (Å²) in [5.74, 6) is 0. The van der Waals surface area contributed by atoms with Gasteiger partial charge in [-0.2, -0.15) is 0 Å². The standard InChI is InChI=1S/C2H4OSi2/c1-2-4-5-3-1/h1-2,4-5H. The maximum atomic E-state index is 4.88. The monoisotopic (exact) mass is 100.0 g/mol. The molecule has 26 valence electrons. The van der Waals surface area contributed by atoms with E-state index < -0.39 is 0 Å². The van der Waals surface area contributed by atoms with Crippen molar-refractivity contribution in [3.05, 3.63) is 11.9 Å². The number of rotatable bonds is 0. The second-order valence-corrected chi connectivity index (χ2v) is 4.08. The van der Waals surface area contributed by atoms with Crippen molar-refractivity contribution in [1.29, 1.82) is 0 Å². The van der Waals surface area contributed by atoms with Crippen molar-refractivity contribution in [3.8, 4) is 0 Å². The Balaban J connectivity index is 3.13. The zero-order valence-corrected chi connectivity index (χ0v) is 5.03. The molecule has 1 rings (SSSR count). The third-order valence-corrected chi connectivity index (χ3v) is 2.89. The Hall–Kier alpha value is -0.0262. The molecule has 0 bridgehead atoms. The molecule has 0 aliphatic heterocycles. The van der Waals surface area contributed by atoms with E-state index in [0.717, 1.165) is 0 Å². The minimum absolute atomic E-state index is 0.398. The maximum Gasteiger partial charge on any atom is 0.194 e. The first-order chi connectivity index (χ1) is 2.50. The molecular weight excluding hydrogens is 96.2 g/mol. The molecule has 0 radical (unpaired) electrons. The van der Waals surface area contributed by atoms with Gasteiger partial charge in [0.05, 0.1) is 6.26 Å². The summed E-state index contributed by atoms with van der Waals surface area (Å²) in [7, 11) is 1.00. The third-order valence-electron chi connectivity index (χ3n) is 0.425. The SMILES string of the molecule is c1c[siH][siH]o1. The molecule has 3 heteroatoms. The highest BCUT2D eigenvalue weighted by molar-refractivity contribution is 6.75. The van der Waals surface area contributed by atoms with E-state index in [9.17, 15) is 0 Å². The van der Waals surface area contributed by atoms with Crippen molar-refractivity contribution in [2.45, 2.75) is 0 Å². The van der Waals surface area contributed by atoms with E-state index in [2.05, 4.69) is 5.68 Å². The highest BCUT2D eigenvalue weighted by atomic mass is 28.9. The van der Waals surface area contributed by atoms with E-state index in [0.29, 0.717) is 17.5 Å². The van der Waals surface area contributed by atoms with E-state index in [1.807, 2.05) is 6.26 Å². The van der Waals surface area contributed by atoms with Crippen molar-refractivity contribution in [2.24, 2.45) is 0 Å². The Kier molecular flexibility index (Phi) is 0.902. The normalized spacial score (nSPS) is 8.00. The molecule has 1 aromatic heterocycles. The molecule has 5 heavy (non-hydrogen) atoms. The van der Waals surface area contributed by atoms with Gasteiger partial charge in [-0.3, -0.25) is 0 Å². The molecule has 0 spiro atoms. The zero-order chi connectivity index (χ0) is 3.54. The zero-order valence-electron chi connectivity index (χ0n) is 2.72. The van der Waals surface area contributed by atoms with E-state index in [1.54, 1.807) is 0 Å². The Morgan fingerprint density at radius 3 is 2.80 bits per heavy atom. The van der Waals surface area contributed by atoms with Crippen LogP contribution in [0.15, 0.2) is 16.0 Å². The lowest BCUT2D eigenvalue weighted by Gasteiger charge is -1.52. The Bertz CT molecular complexity index is 64.1. The highest BCUT2D eigenvalue weighted by Gasteiger charge is 1.61. The first kappa shape index (κ1) is 3.17. The third kappa shape index (κ3) is 0.626. The predicted octanol–water partition coefficient (Wildman–Crippen LogP) is -0.580. The van der Waals surface area contributed by atoms with Crippen molar-refractivity contribution < 1.29 is 4.10 Å². The second kappa shape index (κ2) is 1.42.